The van der Waals surface area contributed by atoms with Crippen molar-refractivity contribution in [3.8, 4) is 0 Å². The number of likely N-dealkylation sites (tertiary alicyclic amines) is 1. The van der Waals surface area contributed by atoms with Crippen LogP contribution in [0.5, 0.6) is 0 Å². The molecule has 1 atom stereocenters. The van der Waals surface area contributed by atoms with E-state index in [-0.39, 0.29) is 0 Å². The molecule has 2 heteroatoms. The Hall–Kier alpha value is -0.530. The number of rotatable bonds is 2. The third kappa shape index (κ3) is 3.02. The Morgan fingerprint density at radius 3 is 2.31 bits per heavy atom. The van der Waals surface area contributed by atoms with Crippen molar-refractivity contribution in [3.05, 3.63) is 0 Å². The van der Waals surface area contributed by atoms with E-state index in [1.165, 1.54) is 0 Å². The topological polar surface area (TPSA) is 20.3 Å². The zero-order valence-corrected chi connectivity index (χ0v) is 9.63. The van der Waals surface area contributed by atoms with Gasteiger partial charge in [0, 0.05) is 19.0 Å². The van der Waals surface area contributed by atoms with E-state index in [1.807, 2.05) is 18.7 Å². The average molecular weight is 185 g/mol. The number of hydrogen-bond acceptors (Lipinski definition) is 1. The summed E-state index contributed by atoms with van der Waals surface area (Å²) in [5, 5.41) is 0. The van der Waals surface area contributed by atoms with Gasteiger partial charge in [0.05, 0.1) is 0 Å². The number of amides is 1. The van der Waals surface area contributed by atoms with Gasteiger partial charge in [0.15, 0.2) is 0 Å². The van der Waals surface area contributed by atoms with E-state index in [1.54, 1.807) is 0 Å². The highest BCUT2D eigenvalue weighted by atomic mass is 16.2. The number of nitrogens with zero attached hydrogens (tertiary/aromatic N) is 1. The molecule has 1 saturated heterocycles. The van der Waals surface area contributed by atoms with Crippen LogP contribution in [-0.2, 0) is 4.79 Å². The minimum absolute atomic E-state index is 0.339. The second-order valence-electron chi connectivity index (χ2n) is 3.53. The van der Waals surface area contributed by atoms with Crippen molar-refractivity contribution in [1.82, 2.24) is 4.90 Å². The molecule has 1 amide bonds. The van der Waals surface area contributed by atoms with Crippen molar-refractivity contribution in [1.29, 1.82) is 0 Å². The second-order valence-corrected chi connectivity index (χ2v) is 3.53. The van der Waals surface area contributed by atoms with Crippen molar-refractivity contribution in [2.75, 3.05) is 6.54 Å². The Morgan fingerprint density at radius 1 is 1.46 bits per heavy atom. The zero-order chi connectivity index (χ0) is 10.4. The fourth-order valence-electron chi connectivity index (χ4n) is 1.86. The molecule has 0 radical (unpaired) electrons. The largest absolute Gasteiger partial charge is 0.340 e. The molecule has 0 saturated carbocycles. The van der Waals surface area contributed by atoms with Gasteiger partial charge in [-0.3, -0.25) is 4.79 Å². The zero-order valence-electron chi connectivity index (χ0n) is 9.63. The third-order valence-corrected chi connectivity index (χ3v) is 2.48. The summed E-state index contributed by atoms with van der Waals surface area (Å²) in [5.74, 6) is 0.951. The molecule has 0 N–H and O–H groups in total. The van der Waals surface area contributed by atoms with E-state index < -0.39 is 0 Å². The average Bonchev–Trinajstić information content (AvgIpc) is 2.50. The summed E-state index contributed by atoms with van der Waals surface area (Å²) in [6.45, 7) is 11.3. The fourth-order valence-corrected chi connectivity index (χ4v) is 1.86. The Labute approximate surface area is 82.3 Å². The maximum absolute atomic E-state index is 11.2. The van der Waals surface area contributed by atoms with Crippen LogP contribution in [-0.4, -0.2) is 23.4 Å². The van der Waals surface area contributed by atoms with E-state index in [0.29, 0.717) is 17.9 Å². The van der Waals surface area contributed by atoms with Crippen molar-refractivity contribution in [2.45, 2.75) is 53.5 Å². The van der Waals surface area contributed by atoms with Gasteiger partial charge in [-0.15, -0.1) is 0 Å². The first-order valence-electron chi connectivity index (χ1n) is 5.46. The molecule has 0 bridgehead atoms. The molecule has 0 aliphatic carbocycles. The fraction of sp³-hybridized carbons (Fsp3) is 0.909. The lowest BCUT2D eigenvalue weighted by Gasteiger charge is -2.26. The molecule has 1 aliphatic heterocycles. The minimum Gasteiger partial charge on any atom is -0.340 e. The normalized spacial score (nSPS) is 21.8. The first-order chi connectivity index (χ1) is 6.16. The molecule has 2 nitrogen and oxygen atoms in total. The highest BCUT2D eigenvalue weighted by Gasteiger charge is 2.31. The highest BCUT2D eigenvalue weighted by Crippen LogP contribution is 2.23. The molecular formula is C11H23NO. The van der Waals surface area contributed by atoms with Gasteiger partial charge in [-0.1, -0.05) is 27.7 Å². The van der Waals surface area contributed by atoms with Crippen LogP contribution < -0.4 is 0 Å². The molecule has 0 aromatic heterocycles. The molecule has 78 valence electrons. The van der Waals surface area contributed by atoms with Crippen molar-refractivity contribution >= 4 is 5.91 Å². The summed E-state index contributed by atoms with van der Waals surface area (Å²) >= 11 is 0. The number of carbonyl (C=O) groups is 1. The Balaban J connectivity index is 0.000000671. The van der Waals surface area contributed by atoms with Gasteiger partial charge in [0.25, 0.3) is 0 Å². The second kappa shape index (κ2) is 6.01. The summed E-state index contributed by atoms with van der Waals surface area (Å²) < 4.78 is 0. The number of hydrogen-bond donors (Lipinski definition) is 0. The summed E-state index contributed by atoms with van der Waals surface area (Å²) in [6, 6.07) is 0.507. The molecule has 1 aliphatic rings. The van der Waals surface area contributed by atoms with Crippen molar-refractivity contribution in [3.63, 3.8) is 0 Å². The SMILES string of the molecule is CC.CCN1C(=O)CCC1C(C)C. The minimum atomic E-state index is 0.339. The molecule has 0 spiro atoms. The van der Waals surface area contributed by atoms with E-state index in [2.05, 4.69) is 20.8 Å². The quantitative estimate of drug-likeness (QED) is 0.647. The Morgan fingerprint density at radius 2 is 2.00 bits per heavy atom. The predicted octanol–water partition coefficient (Wildman–Crippen LogP) is 2.68. The first kappa shape index (κ1) is 12.5. The lowest BCUT2D eigenvalue weighted by Crippen LogP contribution is -2.35. The molecule has 0 aromatic rings. The van der Waals surface area contributed by atoms with E-state index in [0.717, 1.165) is 19.4 Å². The molecule has 0 aromatic carbocycles. The smallest absolute Gasteiger partial charge is 0.222 e. The van der Waals surface area contributed by atoms with Crippen LogP contribution in [0, 0.1) is 5.92 Å². The van der Waals surface area contributed by atoms with Gasteiger partial charge < -0.3 is 4.90 Å². The van der Waals surface area contributed by atoms with Crippen LogP contribution >= 0.6 is 0 Å². The lowest BCUT2D eigenvalue weighted by atomic mass is 10.0. The van der Waals surface area contributed by atoms with Gasteiger partial charge >= 0.3 is 0 Å². The number of carbonyl (C=O) groups excluding carboxylic acids is 1. The molecular weight excluding hydrogens is 162 g/mol. The van der Waals surface area contributed by atoms with E-state index >= 15 is 0 Å². The lowest BCUT2D eigenvalue weighted by molar-refractivity contribution is -0.129. The van der Waals surface area contributed by atoms with Crippen LogP contribution in [0.25, 0.3) is 0 Å². The molecule has 1 heterocycles. The van der Waals surface area contributed by atoms with Crippen LogP contribution in [0.2, 0.25) is 0 Å². The summed E-state index contributed by atoms with van der Waals surface area (Å²) in [7, 11) is 0. The Kier molecular flexibility index (Phi) is 5.76. The summed E-state index contributed by atoms with van der Waals surface area (Å²) in [6.07, 6.45) is 1.82. The standard InChI is InChI=1S/C9H17NO.C2H6/c1-4-10-8(7(2)3)5-6-9(10)11;1-2/h7-8H,4-6H2,1-3H3;1-2H3. The highest BCUT2D eigenvalue weighted by molar-refractivity contribution is 5.78. The van der Waals surface area contributed by atoms with Crippen LogP contribution in [0.1, 0.15) is 47.5 Å². The van der Waals surface area contributed by atoms with Crippen LogP contribution in [0.4, 0.5) is 0 Å². The van der Waals surface area contributed by atoms with Crippen LogP contribution in [0.15, 0.2) is 0 Å². The predicted molar refractivity (Wildman–Crippen MR) is 56.6 cm³/mol. The van der Waals surface area contributed by atoms with Gasteiger partial charge in [-0.2, -0.15) is 0 Å². The summed E-state index contributed by atoms with van der Waals surface area (Å²) in [4.78, 5) is 13.3. The monoisotopic (exact) mass is 185 g/mol. The summed E-state index contributed by atoms with van der Waals surface area (Å²) in [5.41, 5.74) is 0. The van der Waals surface area contributed by atoms with Gasteiger partial charge in [-0.05, 0) is 19.3 Å². The van der Waals surface area contributed by atoms with Gasteiger partial charge in [0.1, 0.15) is 0 Å². The van der Waals surface area contributed by atoms with E-state index in [4.69, 9.17) is 0 Å². The maximum Gasteiger partial charge on any atom is 0.222 e. The molecule has 13 heavy (non-hydrogen) atoms. The maximum atomic E-state index is 11.2. The Bertz CT molecular complexity index is 154. The third-order valence-electron chi connectivity index (χ3n) is 2.48. The molecule has 1 rings (SSSR count). The van der Waals surface area contributed by atoms with E-state index in [9.17, 15) is 4.79 Å². The van der Waals surface area contributed by atoms with Gasteiger partial charge in [0.2, 0.25) is 5.91 Å². The first-order valence-corrected chi connectivity index (χ1v) is 5.46. The molecule has 1 fully saturated rings. The van der Waals surface area contributed by atoms with Crippen molar-refractivity contribution in [2.24, 2.45) is 5.92 Å². The van der Waals surface area contributed by atoms with Crippen molar-refractivity contribution < 1.29 is 4.79 Å². The van der Waals surface area contributed by atoms with Crippen LogP contribution in [0.3, 0.4) is 0 Å². The van der Waals surface area contributed by atoms with Gasteiger partial charge in [-0.25, -0.2) is 0 Å². The molecule has 1 unspecified atom stereocenters.